The van der Waals surface area contributed by atoms with Gasteiger partial charge in [-0.1, -0.05) is 35.2 Å². The average Bonchev–Trinajstić information content (AvgIpc) is 3.48. The molecule has 0 radical (unpaired) electrons. The number of hydrogen-bond donors (Lipinski definition) is 1. The largest absolute Gasteiger partial charge is 0.295 e. The van der Waals surface area contributed by atoms with Gasteiger partial charge in [0, 0.05) is 24.1 Å². The summed E-state index contributed by atoms with van der Waals surface area (Å²) in [5.74, 6) is 0.221. The van der Waals surface area contributed by atoms with Gasteiger partial charge in [-0.05, 0) is 35.9 Å². The molecule has 0 bridgehead atoms. The van der Waals surface area contributed by atoms with E-state index in [0.29, 0.717) is 26.5 Å². The summed E-state index contributed by atoms with van der Waals surface area (Å²) in [6.45, 7) is 0. The van der Waals surface area contributed by atoms with Gasteiger partial charge in [-0.2, -0.15) is 10.4 Å². The molecule has 4 rings (SSSR count). The molecule has 12 heteroatoms. The van der Waals surface area contributed by atoms with Crippen LogP contribution in [0.5, 0.6) is 0 Å². The van der Waals surface area contributed by atoms with Crippen molar-refractivity contribution in [1.82, 2.24) is 20.0 Å². The van der Waals surface area contributed by atoms with E-state index >= 15 is 0 Å². The van der Waals surface area contributed by atoms with E-state index in [2.05, 4.69) is 26.7 Å². The average molecular weight is 464 g/mol. The van der Waals surface area contributed by atoms with Crippen LogP contribution in [0.3, 0.4) is 0 Å². The van der Waals surface area contributed by atoms with Crippen LogP contribution in [0.15, 0.2) is 65.1 Å². The second-order valence-electron chi connectivity index (χ2n) is 6.34. The third kappa shape index (κ3) is 4.97. The van der Waals surface area contributed by atoms with Gasteiger partial charge in [-0.15, -0.1) is 10.2 Å². The van der Waals surface area contributed by atoms with Crippen LogP contribution >= 0.6 is 23.1 Å². The van der Waals surface area contributed by atoms with Crippen LogP contribution in [0.25, 0.3) is 5.69 Å². The van der Waals surface area contributed by atoms with E-state index in [9.17, 15) is 14.9 Å². The van der Waals surface area contributed by atoms with E-state index in [0.717, 1.165) is 5.56 Å². The molecule has 158 valence electrons. The summed E-state index contributed by atoms with van der Waals surface area (Å²) in [6, 6.07) is 16.8. The number of carbonyl (C=O) groups excluding carboxylic acids is 1. The zero-order chi connectivity index (χ0) is 22.5. The monoisotopic (exact) mass is 463 g/mol. The van der Waals surface area contributed by atoms with Crippen molar-refractivity contribution in [2.24, 2.45) is 0 Å². The molecule has 0 spiro atoms. The van der Waals surface area contributed by atoms with Gasteiger partial charge in [0.25, 0.3) is 11.6 Å². The number of rotatable bonds is 7. The molecular formula is C20H13N7O3S2. The summed E-state index contributed by atoms with van der Waals surface area (Å²) in [5.41, 5.74) is 2.39. The van der Waals surface area contributed by atoms with Gasteiger partial charge >= 0.3 is 0 Å². The van der Waals surface area contributed by atoms with Crippen molar-refractivity contribution in [2.45, 2.75) is 10.1 Å². The van der Waals surface area contributed by atoms with Gasteiger partial charge in [0.1, 0.15) is 0 Å². The molecule has 4 aromatic rings. The highest BCUT2D eigenvalue weighted by Gasteiger charge is 2.14. The molecule has 0 aliphatic heterocycles. The lowest BCUT2D eigenvalue weighted by Gasteiger charge is -2.01. The molecule has 10 nitrogen and oxygen atoms in total. The van der Waals surface area contributed by atoms with Gasteiger partial charge in [-0.3, -0.25) is 20.2 Å². The summed E-state index contributed by atoms with van der Waals surface area (Å²) in [6.07, 6.45) is 1.59. The number of non-ortho nitro benzene ring substituents is 1. The van der Waals surface area contributed by atoms with Gasteiger partial charge in [0.05, 0.1) is 22.2 Å². The van der Waals surface area contributed by atoms with Crippen molar-refractivity contribution < 1.29 is 9.72 Å². The van der Waals surface area contributed by atoms with Crippen molar-refractivity contribution in [3.63, 3.8) is 0 Å². The van der Waals surface area contributed by atoms with E-state index in [1.54, 1.807) is 36.5 Å². The number of amides is 1. The Kier molecular flexibility index (Phi) is 6.20. The Hall–Kier alpha value is -4.08. The maximum atomic E-state index is 12.5. The van der Waals surface area contributed by atoms with Gasteiger partial charge in [0.2, 0.25) is 5.13 Å². The van der Waals surface area contributed by atoms with Crippen molar-refractivity contribution in [3.05, 3.63) is 87.7 Å². The van der Waals surface area contributed by atoms with E-state index in [4.69, 9.17) is 5.26 Å². The summed E-state index contributed by atoms with van der Waals surface area (Å²) >= 11 is 2.73. The third-order valence-electron chi connectivity index (χ3n) is 4.22. The van der Waals surface area contributed by atoms with Crippen molar-refractivity contribution in [2.75, 3.05) is 5.32 Å². The molecule has 32 heavy (non-hydrogen) atoms. The van der Waals surface area contributed by atoms with Crippen molar-refractivity contribution in [1.29, 1.82) is 5.26 Å². The Morgan fingerprint density at radius 3 is 2.59 bits per heavy atom. The first-order valence-electron chi connectivity index (χ1n) is 9.09. The molecule has 0 fully saturated rings. The summed E-state index contributed by atoms with van der Waals surface area (Å²) in [7, 11) is 0. The summed E-state index contributed by atoms with van der Waals surface area (Å²) < 4.78 is 2.15. The minimum atomic E-state index is -0.481. The highest BCUT2D eigenvalue weighted by atomic mass is 32.2. The summed E-state index contributed by atoms with van der Waals surface area (Å²) in [5, 5.41) is 34.9. The molecule has 0 unspecified atom stereocenters. The Morgan fingerprint density at radius 1 is 1.16 bits per heavy atom. The SMILES string of the molecule is N#Cc1ccc(CSc2nnc(NC(=O)c3ccn(-c4ccc([N+](=O)[O-])cc4)n3)s2)cc1. The lowest BCUT2D eigenvalue weighted by Crippen LogP contribution is -2.13. The number of nitrogens with one attached hydrogen (secondary N) is 1. The second-order valence-corrected chi connectivity index (χ2v) is 8.54. The first-order chi connectivity index (χ1) is 15.5. The lowest BCUT2D eigenvalue weighted by molar-refractivity contribution is -0.384. The predicted octanol–water partition coefficient (Wildman–Crippen LogP) is 4.05. The number of carbonyl (C=O) groups is 1. The number of nitro groups is 1. The molecule has 0 aliphatic rings. The molecule has 0 aliphatic carbocycles. The fourth-order valence-corrected chi connectivity index (χ4v) is 4.32. The zero-order valence-corrected chi connectivity index (χ0v) is 17.8. The lowest BCUT2D eigenvalue weighted by atomic mass is 10.2. The standard InChI is InChI=1S/C20H13N7O3S2/c21-11-13-1-3-14(4-2-13)12-31-20-24-23-19(32-20)22-18(28)17-9-10-26(25-17)15-5-7-16(8-6-15)27(29)30/h1-10H,12H2,(H,22,23,28). The van der Waals surface area contributed by atoms with Crippen LogP contribution in [0.4, 0.5) is 10.8 Å². The molecule has 2 aromatic carbocycles. The number of nitro benzene ring substituents is 1. The normalized spacial score (nSPS) is 10.5. The molecule has 0 saturated carbocycles. The number of benzene rings is 2. The van der Waals surface area contributed by atoms with E-state index in [1.807, 2.05) is 12.1 Å². The van der Waals surface area contributed by atoms with Crippen LogP contribution in [0.2, 0.25) is 0 Å². The Morgan fingerprint density at radius 2 is 1.91 bits per heavy atom. The fourth-order valence-electron chi connectivity index (χ4n) is 2.62. The predicted molar refractivity (Wildman–Crippen MR) is 119 cm³/mol. The Bertz CT molecular complexity index is 1310. The van der Waals surface area contributed by atoms with Crippen molar-refractivity contribution >= 4 is 39.8 Å². The fraction of sp³-hybridized carbons (Fsp3) is 0.0500. The maximum Gasteiger partial charge on any atom is 0.277 e. The van der Waals surface area contributed by atoms with Crippen molar-refractivity contribution in [3.8, 4) is 11.8 Å². The molecule has 2 aromatic heterocycles. The Balaban J connectivity index is 1.35. The van der Waals surface area contributed by atoms with Crippen LogP contribution in [-0.4, -0.2) is 30.8 Å². The number of nitrogens with zero attached hydrogens (tertiary/aromatic N) is 6. The molecule has 2 heterocycles. The van der Waals surface area contributed by atoms with Crippen LogP contribution in [0.1, 0.15) is 21.6 Å². The number of thioether (sulfide) groups is 1. The maximum absolute atomic E-state index is 12.5. The quantitative estimate of drug-likeness (QED) is 0.187. The number of hydrogen-bond acceptors (Lipinski definition) is 9. The van der Waals surface area contributed by atoms with E-state index in [1.165, 1.54) is 39.9 Å². The van der Waals surface area contributed by atoms with Gasteiger partial charge in [-0.25, -0.2) is 4.68 Å². The highest BCUT2D eigenvalue weighted by Crippen LogP contribution is 2.28. The summed E-state index contributed by atoms with van der Waals surface area (Å²) in [4.78, 5) is 22.8. The number of aromatic nitrogens is 4. The topological polar surface area (TPSA) is 140 Å². The van der Waals surface area contributed by atoms with E-state index < -0.39 is 10.8 Å². The Labute approximate surface area is 189 Å². The minimum absolute atomic E-state index is 0.0250. The van der Waals surface area contributed by atoms with Crippen LogP contribution in [-0.2, 0) is 5.75 Å². The molecule has 1 amide bonds. The number of anilines is 1. The van der Waals surface area contributed by atoms with Crippen LogP contribution < -0.4 is 5.32 Å². The number of nitriles is 1. The highest BCUT2D eigenvalue weighted by molar-refractivity contribution is 8.00. The van der Waals surface area contributed by atoms with Gasteiger partial charge < -0.3 is 0 Å². The van der Waals surface area contributed by atoms with Crippen LogP contribution in [0, 0.1) is 21.4 Å². The second kappa shape index (κ2) is 9.38. The smallest absolute Gasteiger partial charge is 0.277 e. The van der Waals surface area contributed by atoms with Gasteiger partial charge in [0.15, 0.2) is 10.0 Å². The molecule has 0 saturated heterocycles. The first-order valence-corrected chi connectivity index (χ1v) is 10.9. The first kappa shape index (κ1) is 21.2. The molecule has 1 N–H and O–H groups in total. The zero-order valence-electron chi connectivity index (χ0n) is 16.2. The molecular weight excluding hydrogens is 450 g/mol. The minimum Gasteiger partial charge on any atom is -0.295 e. The van der Waals surface area contributed by atoms with E-state index in [-0.39, 0.29) is 11.4 Å². The molecule has 0 atom stereocenters. The third-order valence-corrected chi connectivity index (χ3v) is 6.26.